The van der Waals surface area contributed by atoms with E-state index in [9.17, 15) is 5.11 Å². The van der Waals surface area contributed by atoms with Crippen molar-refractivity contribution in [3.05, 3.63) is 29.3 Å². The zero-order chi connectivity index (χ0) is 12.6. The summed E-state index contributed by atoms with van der Waals surface area (Å²) in [4.78, 5) is 0. The first kappa shape index (κ1) is 12.4. The van der Waals surface area contributed by atoms with Crippen LogP contribution < -0.4 is 4.74 Å². The zero-order valence-corrected chi connectivity index (χ0v) is 11.2. The molecule has 0 aromatic heterocycles. The molecule has 17 heavy (non-hydrogen) atoms. The van der Waals surface area contributed by atoms with Crippen molar-refractivity contribution in [1.29, 1.82) is 0 Å². The summed E-state index contributed by atoms with van der Waals surface area (Å²) in [5.41, 5.74) is 2.38. The van der Waals surface area contributed by atoms with Gasteiger partial charge in [0.25, 0.3) is 0 Å². The Kier molecular flexibility index (Phi) is 3.17. The van der Waals surface area contributed by atoms with Crippen LogP contribution in [0.1, 0.15) is 57.8 Å². The lowest BCUT2D eigenvalue weighted by atomic mass is 9.81. The van der Waals surface area contributed by atoms with Crippen LogP contribution in [0.15, 0.2) is 18.2 Å². The van der Waals surface area contributed by atoms with Gasteiger partial charge in [-0.2, -0.15) is 0 Å². The topological polar surface area (TPSA) is 29.5 Å². The number of fused-ring (bicyclic) bond motifs is 1. The van der Waals surface area contributed by atoms with Crippen LogP contribution in [-0.4, -0.2) is 11.2 Å². The van der Waals surface area contributed by atoms with Crippen LogP contribution in [0.25, 0.3) is 0 Å². The summed E-state index contributed by atoms with van der Waals surface area (Å²) in [6.07, 6.45) is 1.37. The highest BCUT2D eigenvalue weighted by Gasteiger charge is 2.32. The molecule has 0 saturated heterocycles. The molecule has 0 aliphatic carbocycles. The van der Waals surface area contributed by atoms with Crippen LogP contribution in [0.4, 0.5) is 0 Å². The first-order valence-corrected chi connectivity index (χ1v) is 6.48. The summed E-state index contributed by atoms with van der Waals surface area (Å²) in [7, 11) is 0. The van der Waals surface area contributed by atoms with Crippen molar-refractivity contribution in [3.8, 4) is 5.75 Å². The van der Waals surface area contributed by atoms with Gasteiger partial charge in [-0.15, -0.1) is 0 Å². The lowest BCUT2D eigenvalue weighted by Gasteiger charge is -2.24. The second kappa shape index (κ2) is 4.34. The second-order valence-corrected chi connectivity index (χ2v) is 5.50. The van der Waals surface area contributed by atoms with Crippen molar-refractivity contribution in [2.45, 2.75) is 58.2 Å². The van der Waals surface area contributed by atoms with Crippen molar-refractivity contribution in [2.24, 2.45) is 0 Å². The van der Waals surface area contributed by atoms with Crippen molar-refractivity contribution in [1.82, 2.24) is 0 Å². The lowest BCUT2D eigenvalue weighted by molar-refractivity contribution is 0.0653. The molecule has 1 aromatic rings. The number of ether oxygens (including phenoxy) is 1. The minimum Gasteiger partial charge on any atom is -0.487 e. The summed E-state index contributed by atoms with van der Waals surface area (Å²) in [6, 6.07) is 6.23. The molecule has 2 rings (SSSR count). The molecule has 2 atom stereocenters. The summed E-state index contributed by atoms with van der Waals surface area (Å²) >= 11 is 0. The fourth-order valence-electron chi connectivity index (χ4n) is 2.25. The number of aliphatic hydroxyl groups excluding tert-OH is 1. The maximum absolute atomic E-state index is 10.2. The highest BCUT2D eigenvalue weighted by atomic mass is 16.5. The average molecular weight is 234 g/mol. The van der Waals surface area contributed by atoms with Crippen LogP contribution in [0.3, 0.4) is 0 Å². The van der Waals surface area contributed by atoms with Crippen molar-refractivity contribution in [2.75, 3.05) is 0 Å². The number of hydrogen-bond donors (Lipinski definition) is 1. The van der Waals surface area contributed by atoms with E-state index in [1.165, 1.54) is 5.56 Å². The standard InChI is InChI=1S/C15H22O2/c1-5-12-14(16)11-9-10(15(3,4)6-2)7-8-13(11)17-12/h7-9,12,14,16H,5-6H2,1-4H3. The predicted molar refractivity (Wildman–Crippen MR) is 69.4 cm³/mol. The second-order valence-electron chi connectivity index (χ2n) is 5.50. The fraction of sp³-hybridized carbons (Fsp3) is 0.600. The van der Waals surface area contributed by atoms with Crippen molar-refractivity contribution >= 4 is 0 Å². The van der Waals surface area contributed by atoms with Crippen LogP contribution in [0.2, 0.25) is 0 Å². The Labute approximate surface area is 104 Å². The summed E-state index contributed by atoms with van der Waals surface area (Å²) in [5.74, 6) is 0.847. The number of rotatable bonds is 3. The van der Waals surface area contributed by atoms with E-state index in [0.717, 1.165) is 24.2 Å². The zero-order valence-electron chi connectivity index (χ0n) is 11.2. The van der Waals surface area contributed by atoms with E-state index < -0.39 is 6.10 Å². The predicted octanol–water partition coefficient (Wildman–Crippen LogP) is 3.58. The minimum absolute atomic E-state index is 0.0787. The molecule has 0 amide bonds. The van der Waals surface area contributed by atoms with E-state index in [1.54, 1.807) is 0 Å². The molecule has 1 aliphatic rings. The van der Waals surface area contributed by atoms with Crippen LogP contribution >= 0.6 is 0 Å². The number of hydrogen-bond acceptors (Lipinski definition) is 2. The van der Waals surface area contributed by atoms with Crippen molar-refractivity contribution in [3.63, 3.8) is 0 Å². The molecule has 0 radical (unpaired) electrons. The summed E-state index contributed by atoms with van der Waals surface area (Å²) in [5, 5.41) is 10.2. The molecule has 0 fully saturated rings. The van der Waals surface area contributed by atoms with Gasteiger partial charge in [-0.05, 0) is 36.0 Å². The Balaban J connectivity index is 2.37. The van der Waals surface area contributed by atoms with Gasteiger partial charge in [0.05, 0.1) is 0 Å². The Hall–Kier alpha value is -1.02. The Bertz CT molecular complexity index is 409. The third kappa shape index (κ3) is 2.06. The average Bonchev–Trinajstić information content (AvgIpc) is 2.66. The Morgan fingerprint density at radius 3 is 2.59 bits per heavy atom. The molecular weight excluding hydrogens is 212 g/mol. The molecular formula is C15H22O2. The molecule has 0 saturated carbocycles. The Morgan fingerprint density at radius 2 is 2.00 bits per heavy atom. The van der Waals surface area contributed by atoms with Gasteiger partial charge >= 0.3 is 0 Å². The first-order chi connectivity index (χ1) is 7.99. The third-order valence-corrected chi connectivity index (χ3v) is 4.03. The monoisotopic (exact) mass is 234 g/mol. The first-order valence-electron chi connectivity index (χ1n) is 6.48. The van der Waals surface area contributed by atoms with Crippen LogP contribution in [0, 0.1) is 0 Å². The van der Waals surface area contributed by atoms with Gasteiger partial charge in [-0.3, -0.25) is 0 Å². The molecule has 1 aliphatic heterocycles. The van der Waals surface area contributed by atoms with Gasteiger partial charge in [0.15, 0.2) is 0 Å². The smallest absolute Gasteiger partial charge is 0.129 e. The van der Waals surface area contributed by atoms with E-state index in [4.69, 9.17) is 4.74 Å². The van der Waals surface area contributed by atoms with Gasteiger partial charge in [0, 0.05) is 5.56 Å². The quantitative estimate of drug-likeness (QED) is 0.866. The molecule has 2 unspecified atom stereocenters. The number of aliphatic hydroxyl groups is 1. The van der Waals surface area contributed by atoms with Crippen LogP contribution in [-0.2, 0) is 5.41 Å². The molecule has 1 aromatic carbocycles. The van der Waals surface area contributed by atoms with E-state index in [-0.39, 0.29) is 11.5 Å². The molecule has 0 bridgehead atoms. The maximum Gasteiger partial charge on any atom is 0.129 e. The van der Waals surface area contributed by atoms with Gasteiger partial charge in [0.1, 0.15) is 18.0 Å². The number of benzene rings is 1. The third-order valence-electron chi connectivity index (χ3n) is 4.03. The largest absolute Gasteiger partial charge is 0.487 e. The molecule has 94 valence electrons. The molecule has 1 N–H and O–H groups in total. The van der Waals surface area contributed by atoms with Gasteiger partial charge < -0.3 is 9.84 Å². The van der Waals surface area contributed by atoms with E-state index in [2.05, 4.69) is 32.9 Å². The summed E-state index contributed by atoms with van der Waals surface area (Å²) in [6.45, 7) is 8.69. The molecule has 0 spiro atoms. The van der Waals surface area contributed by atoms with Crippen LogP contribution in [0.5, 0.6) is 5.75 Å². The summed E-state index contributed by atoms with van der Waals surface area (Å²) < 4.78 is 5.72. The normalized spacial score (nSPS) is 23.4. The highest BCUT2D eigenvalue weighted by Crippen LogP contribution is 2.40. The van der Waals surface area contributed by atoms with Gasteiger partial charge in [0.2, 0.25) is 0 Å². The molecule has 2 heteroatoms. The van der Waals surface area contributed by atoms with Gasteiger partial charge in [-0.1, -0.05) is 33.8 Å². The minimum atomic E-state index is -0.470. The van der Waals surface area contributed by atoms with Gasteiger partial charge in [-0.25, -0.2) is 0 Å². The lowest BCUT2D eigenvalue weighted by Crippen LogP contribution is -2.17. The van der Waals surface area contributed by atoms with E-state index in [1.807, 2.05) is 13.0 Å². The van der Waals surface area contributed by atoms with E-state index >= 15 is 0 Å². The van der Waals surface area contributed by atoms with Crippen molar-refractivity contribution < 1.29 is 9.84 Å². The Morgan fingerprint density at radius 1 is 1.29 bits per heavy atom. The van der Waals surface area contributed by atoms with E-state index in [0.29, 0.717) is 0 Å². The highest BCUT2D eigenvalue weighted by molar-refractivity contribution is 5.44. The maximum atomic E-state index is 10.2. The molecule has 1 heterocycles. The fourth-order valence-corrected chi connectivity index (χ4v) is 2.25. The SMILES string of the molecule is CCC1Oc2ccc(C(C)(C)CC)cc2C1O. The molecule has 2 nitrogen and oxygen atoms in total.